The topological polar surface area (TPSA) is 26.3 Å². The molecule has 0 radical (unpaired) electrons. The summed E-state index contributed by atoms with van der Waals surface area (Å²) in [5, 5.41) is 0. The molecule has 0 saturated heterocycles. The van der Waals surface area contributed by atoms with Gasteiger partial charge in [0.2, 0.25) is 0 Å². The third-order valence-electron chi connectivity index (χ3n) is 3.64. The van der Waals surface area contributed by atoms with E-state index in [1.165, 1.54) is 5.56 Å². The van der Waals surface area contributed by atoms with E-state index in [0.29, 0.717) is 5.56 Å². The molecule has 0 N–H and O–H groups in total. The fraction of sp³-hybridized carbons (Fsp3) is 0.316. The third kappa shape index (κ3) is 3.52. The fourth-order valence-electron chi connectivity index (χ4n) is 2.20. The molecule has 21 heavy (non-hydrogen) atoms. The molecule has 0 fully saturated rings. The van der Waals surface area contributed by atoms with Crippen LogP contribution in [0, 0.1) is 13.8 Å². The molecule has 2 heteroatoms. The van der Waals surface area contributed by atoms with Crippen LogP contribution in [0.15, 0.2) is 36.4 Å². The zero-order chi connectivity index (χ0) is 15.6. The lowest BCUT2D eigenvalue weighted by Gasteiger charge is -2.20. The van der Waals surface area contributed by atoms with Crippen LogP contribution in [0.2, 0.25) is 0 Å². The number of hydrogen-bond donors (Lipinski definition) is 0. The molecule has 0 aliphatic rings. The van der Waals surface area contributed by atoms with Gasteiger partial charge in [0.1, 0.15) is 17.8 Å². The van der Waals surface area contributed by atoms with Crippen LogP contribution in [-0.2, 0) is 5.41 Å². The summed E-state index contributed by atoms with van der Waals surface area (Å²) in [6.07, 6.45) is 0.864. The molecular formula is C19H22O2. The van der Waals surface area contributed by atoms with E-state index in [0.717, 1.165) is 28.9 Å². The number of carbonyl (C=O) groups is 1. The highest BCUT2D eigenvalue weighted by Crippen LogP contribution is 2.30. The van der Waals surface area contributed by atoms with Crippen LogP contribution in [-0.4, -0.2) is 6.29 Å². The average Bonchev–Trinajstić information content (AvgIpc) is 2.40. The number of aldehydes is 1. The Morgan fingerprint density at radius 3 is 2.19 bits per heavy atom. The summed E-state index contributed by atoms with van der Waals surface area (Å²) in [5.74, 6) is 1.60. The Balaban J connectivity index is 2.28. The van der Waals surface area contributed by atoms with Crippen molar-refractivity contribution in [3.8, 4) is 11.5 Å². The van der Waals surface area contributed by atoms with Gasteiger partial charge >= 0.3 is 0 Å². The summed E-state index contributed by atoms with van der Waals surface area (Å²) in [4.78, 5) is 10.8. The molecule has 2 aromatic rings. The normalized spacial score (nSPS) is 11.3. The van der Waals surface area contributed by atoms with Gasteiger partial charge in [-0.05, 0) is 60.2 Å². The van der Waals surface area contributed by atoms with E-state index in [1.807, 2.05) is 25.1 Å². The highest BCUT2D eigenvalue weighted by Gasteiger charge is 2.15. The first-order valence-corrected chi connectivity index (χ1v) is 7.16. The smallest absolute Gasteiger partial charge is 0.150 e. The maximum absolute atomic E-state index is 10.8. The minimum Gasteiger partial charge on any atom is -0.457 e. The summed E-state index contributed by atoms with van der Waals surface area (Å²) in [6.45, 7) is 10.6. The lowest BCUT2D eigenvalue weighted by Crippen LogP contribution is -2.11. The van der Waals surface area contributed by atoms with Gasteiger partial charge in [0.05, 0.1) is 0 Å². The summed E-state index contributed by atoms with van der Waals surface area (Å²) in [7, 11) is 0. The van der Waals surface area contributed by atoms with E-state index >= 15 is 0 Å². The van der Waals surface area contributed by atoms with Gasteiger partial charge in [-0.2, -0.15) is 0 Å². The quantitative estimate of drug-likeness (QED) is 0.723. The molecule has 2 rings (SSSR count). The van der Waals surface area contributed by atoms with E-state index in [2.05, 4.69) is 39.8 Å². The largest absolute Gasteiger partial charge is 0.457 e. The first-order valence-electron chi connectivity index (χ1n) is 7.16. The van der Waals surface area contributed by atoms with E-state index in [-0.39, 0.29) is 5.41 Å². The van der Waals surface area contributed by atoms with Crippen LogP contribution in [0.5, 0.6) is 11.5 Å². The number of ether oxygens (including phenoxy) is 1. The number of rotatable bonds is 3. The molecule has 0 unspecified atom stereocenters. The molecule has 0 aliphatic carbocycles. The van der Waals surface area contributed by atoms with Gasteiger partial charge in [-0.3, -0.25) is 4.79 Å². The third-order valence-corrected chi connectivity index (χ3v) is 3.64. The molecule has 2 nitrogen and oxygen atoms in total. The average molecular weight is 282 g/mol. The number of aryl methyl sites for hydroxylation is 2. The maximum Gasteiger partial charge on any atom is 0.150 e. The molecule has 0 aromatic heterocycles. The molecule has 0 bridgehead atoms. The lowest BCUT2D eigenvalue weighted by molar-refractivity contribution is 0.112. The van der Waals surface area contributed by atoms with Gasteiger partial charge in [0, 0.05) is 5.56 Å². The van der Waals surface area contributed by atoms with Crippen LogP contribution in [0.3, 0.4) is 0 Å². The van der Waals surface area contributed by atoms with Crippen LogP contribution in [0.25, 0.3) is 0 Å². The van der Waals surface area contributed by atoms with E-state index < -0.39 is 0 Å². The van der Waals surface area contributed by atoms with Crippen LogP contribution < -0.4 is 4.74 Å². The molecule has 0 spiro atoms. The second kappa shape index (κ2) is 5.72. The zero-order valence-electron chi connectivity index (χ0n) is 13.4. The second-order valence-electron chi connectivity index (χ2n) is 6.47. The monoisotopic (exact) mass is 282 g/mol. The minimum atomic E-state index is 0.130. The summed E-state index contributed by atoms with van der Waals surface area (Å²) in [5.41, 5.74) is 4.15. The van der Waals surface area contributed by atoms with Gasteiger partial charge in [0.25, 0.3) is 0 Å². The molecule has 0 aliphatic heterocycles. The van der Waals surface area contributed by atoms with Gasteiger partial charge in [0.15, 0.2) is 0 Å². The molecule has 2 aromatic carbocycles. The number of carbonyl (C=O) groups excluding carboxylic acids is 1. The van der Waals surface area contributed by atoms with E-state index in [4.69, 9.17) is 4.74 Å². The van der Waals surface area contributed by atoms with Crippen molar-refractivity contribution in [2.45, 2.75) is 40.0 Å². The molecule has 0 saturated carbocycles. The predicted molar refractivity (Wildman–Crippen MR) is 86.5 cm³/mol. The van der Waals surface area contributed by atoms with E-state index in [1.54, 1.807) is 6.07 Å². The predicted octanol–water partition coefficient (Wildman–Crippen LogP) is 5.21. The first-order chi connectivity index (χ1) is 9.81. The Labute approximate surface area is 126 Å². The highest BCUT2D eigenvalue weighted by molar-refractivity contribution is 5.77. The molecule has 0 atom stereocenters. The Morgan fingerprint density at radius 1 is 0.952 bits per heavy atom. The van der Waals surface area contributed by atoms with E-state index in [9.17, 15) is 4.79 Å². The van der Waals surface area contributed by atoms with Crippen molar-refractivity contribution in [3.63, 3.8) is 0 Å². The molecule has 0 heterocycles. The highest BCUT2D eigenvalue weighted by atomic mass is 16.5. The maximum atomic E-state index is 10.8. The van der Waals surface area contributed by atoms with Crippen molar-refractivity contribution < 1.29 is 9.53 Å². The molecule has 110 valence electrons. The Hall–Kier alpha value is -2.09. The van der Waals surface area contributed by atoms with Crippen molar-refractivity contribution in [2.24, 2.45) is 0 Å². The summed E-state index contributed by atoms with van der Waals surface area (Å²) < 4.78 is 5.94. The zero-order valence-corrected chi connectivity index (χ0v) is 13.4. The Morgan fingerprint density at radius 2 is 1.67 bits per heavy atom. The van der Waals surface area contributed by atoms with Gasteiger partial charge in [-0.25, -0.2) is 0 Å². The fourth-order valence-corrected chi connectivity index (χ4v) is 2.20. The van der Waals surface area contributed by atoms with Gasteiger partial charge in [-0.15, -0.1) is 0 Å². The lowest BCUT2D eigenvalue weighted by atomic mass is 9.86. The van der Waals surface area contributed by atoms with Gasteiger partial charge in [-0.1, -0.05) is 32.9 Å². The van der Waals surface area contributed by atoms with Gasteiger partial charge < -0.3 is 4.74 Å². The minimum absolute atomic E-state index is 0.130. The summed E-state index contributed by atoms with van der Waals surface area (Å²) in [6, 6.07) is 11.8. The van der Waals surface area contributed by atoms with Crippen molar-refractivity contribution >= 4 is 6.29 Å². The van der Waals surface area contributed by atoms with Crippen molar-refractivity contribution in [1.29, 1.82) is 0 Å². The molecule has 0 amide bonds. The van der Waals surface area contributed by atoms with Crippen LogP contribution >= 0.6 is 0 Å². The van der Waals surface area contributed by atoms with Crippen LogP contribution in [0.1, 0.15) is 47.8 Å². The van der Waals surface area contributed by atoms with Crippen molar-refractivity contribution in [3.05, 3.63) is 58.7 Å². The number of hydrogen-bond acceptors (Lipinski definition) is 2. The van der Waals surface area contributed by atoms with Crippen LogP contribution in [0.4, 0.5) is 0 Å². The first kappa shape index (κ1) is 15.3. The van der Waals surface area contributed by atoms with Crippen molar-refractivity contribution in [2.75, 3.05) is 0 Å². The van der Waals surface area contributed by atoms with Crippen molar-refractivity contribution in [1.82, 2.24) is 0 Å². The Bertz CT molecular complexity index is 664. The number of benzene rings is 2. The summed E-state index contributed by atoms with van der Waals surface area (Å²) >= 11 is 0. The Kier molecular flexibility index (Phi) is 4.17. The molecular weight excluding hydrogens is 260 g/mol. The second-order valence-corrected chi connectivity index (χ2v) is 6.47. The standard InChI is InChI=1S/C19H22O2/c1-13-11-17(8-6-15(13)12-20)21-18-9-7-16(10-14(18)2)19(3,4)5/h6-12H,1-5H3. The SMILES string of the molecule is Cc1cc(Oc2ccc(C(C)(C)C)cc2C)ccc1C=O.